The first-order chi connectivity index (χ1) is 7.00. The van der Waals surface area contributed by atoms with E-state index in [0.29, 0.717) is 0 Å². The van der Waals surface area contributed by atoms with Crippen molar-refractivity contribution in [1.29, 1.82) is 0 Å². The number of nitrogens with zero attached hydrogens (tertiary/aromatic N) is 2. The van der Waals surface area contributed by atoms with Gasteiger partial charge in [-0.2, -0.15) is 5.10 Å². The van der Waals surface area contributed by atoms with Crippen LogP contribution >= 0.6 is 0 Å². The predicted octanol–water partition coefficient (Wildman–Crippen LogP) is 3.23. The quantitative estimate of drug-likeness (QED) is 0.640. The van der Waals surface area contributed by atoms with E-state index in [9.17, 15) is 0 Å². The number of hydrogen-bond donors (Lipinski definition) is 0. The summed E-state index contributed by atoms with van der Waals surface area (Å²) in [5.74, 6) is 0. The molecule has 0 saturated heterocycles. The van der Waals surface area contributed by atoms with Crippen LogP contribution in [-0.2, 0) is 25.3 Å². The second-order valence-corrected chi connectivity index (χ2v) is 5.00. The summed E-state index contributed by atoms with van der Waals surface area (Å²) in [4.78, 5) is 0. The molecule has 1 aliphatic rings. The van der Waals surface area contributed by atoms with Crippen LogP contribution in [0.4, 0.5) is 0 Å². The van der Waals surface area contributed by atoms with E-state index in [-0.39, 0.29) is 5.41 Å². The second-order valence-electron chi connectivity index (χ2n) is 5.00. The topological polar surface area (TPSA) is 17.8 Å². The highest BCUT2D eigenvalue weighted by Crippen LogP contribution is 2.32. The Bertz CT molecular complexity index is 329. The van der Waals surface area contributed by atoms with Crippen molar-refractivity contribution >= 4 is 0 Å². The Labute approximate surface area is 93.7 Å². The maximum atomic E-state index is 4.62. The molecule has 0 bridgehead atoms. The minimum absolute atomic E-state index is 0.204. The number of aryl methyl sites for hydroxylation is 1. The summed E-state index contributed by atoms with van der Waals surface area (Å²) in [6.07, 6.45) is 3.76. The predicted molar refractivity (Wildman–Crippen MR) is 65.3 cm³/mol. The summed E-state index contributed by atoms with van der Waals surface area (Å²) >= 11 is 0. The lowest BCUT2D eigenvalue weighted by atomic mass is 9.89. The van der Waals surface area contributed by atoms with Crippen molar-refractivity contribution in [3.8, 4) is 0 Å². The van der Waals surface area contributed by atoms with Gasteiger partial charge in [0.15, 0.2) is 0 Å². The minimum atomic E-state index is 0.204. The molecule has 0 radical (unpaired) electrons. The molecule has 2 heteroatoms. The molecular weight excluding hydrogens is 184 g/mol. The molecule has 2 rings (SSSR count). The van der Waals surface area contributed by atoms with Crippen LogP contribution in [0, 0.1) is 0 Å². The summed E-state index contributed by atoms with van der Waals surface area (Å²) < 4.78 is 2.07. The number of rotatable bonds is 0. The molecular formula is C13H24N2. The average molecular weight is 208 g/mol. The van der Waals surface area contributed by atoms with E-state index < -0.39 is 0 Å². The highest BCUT2D eigenvalue weighted by Gasteiger charge is 2.27. The van der Waals surface area contributed by atoms with E-state index in [1.54, 1.807) is 0 Å². The molecule has 15 heavy (non-hydrogen) atoms. The van der Waals surface area contributed by atoms with Gasteiger partial charge in [-0.3, -0.25) is 4.68 Å². The van der Waals surface area contributed by atoms with Gasteiger partial charge in [0.2, 0.25) is 0 Å². The summed E-state index contributed by atoms with van der Waals surface area (Å²) in [6, 6.07) is 0. The molecule has 0 N–H and O–H groups in total. The highest BCUT2D eigenvalue weighted by molar-refractivity contribution is 5.34. The molecule has 0 spiro atoms. The van der Waals surface area contributed by atoms with Crippen molar-refractivity contribution in [2.24, 2.45) is 7.05 Å². The van der Waals surface area contributed by atoms with Crippen LogP contribution in [0.3, 0.4) is 0 Å². The Morgan fingerprint density at radius 2 is 1.73 bits per heavy atom. The Morgan fingerprint density at radius 1 is 1.13 bits per heavy atom. The SMILES string of the molecule is CC.Cn1nc(C(C)(C)C)c2c1CCC2. The molecule has 1 heterocycles. The number of hydrogen-bond acceptors (Lipinski definition) is 1. The molecule has 1 aliphatic carbocycles. The van der Waals surface area contributed by atoms with E-state index in [0.717, 1.165) is 0 Å². The van der Waals surface area contributed by atoms with Crippen LogP contribution in [0.25, 0.3) is 0 Å². The maximum absolute atomic E-state index is 4.62. The van der Waals surface area contributed by atoms with Gasteiger partial charge in [-0.25, -0.2) is 0 Å². The van der Waals surface area contributed by atoms with Crippen LogP contribution in [0.1, 0.15) is 58.0 Å². The van der Waals surface area contributed by atoms with E-state index in [2.05, 4.69) is 37.6 Å². The first-order valence-corrected chi connectivity index (χ1v) is 6.05. The van der Waals surface area contributed by atoms with Gasteiger partial charge in [0.25, 0.3) is 0 Å². The van der Waals surface area contributed by atoms with Crippen molar-refractivity contribution in [3.63, 3.8) is 0 Å². The third-order valence-corrected chi connectivity index (χ3v) is 2.83. The van der Waals surface area contributed by atoms with E-state index in [1.807, 2.05) is 13.8 Å². The Hall–Kier alpha value is -0.790. The monoisotopic (exact) mass is 208 g/mol. The van der Waals surface area contributed by atoms with Crippen molar-refractivity contribution < 1.29 is 0 Å². The van der Waals surface area contributed by atoms with Gasteiger partial charge >= 0.3 is 0 Å². The van der Waals surface area contributed by atoms with Gasteiger partial charge in [0, 0.05) is 18.2 Å². The zero-order valence-electron chi connectivity index (χ0n) is 11.0. The van der Waals surface area contributed by atoms with Crippen LogP contribution in [0.15, 0.2) is 0 Å². The van der Waals surface area contributed by atoms with Crippen molar-refractivity contribution in [3.05, 3.63) is 17.0 Å². The fourth-order valence-corrected chi connectivity index (χ4v) is 2.21. The lowest BCUT2D eigenvalue weighted by Gasteiger charge is -2.16. The summed E-state index contributed by atoms with van der Waals surface area (Å²) in [6.45, 7) is 10.7. The van der Waals surface area contributed by atoms with E-state index in [4.69, 9.17) is 0 Å². The van der Waals surface area contributed by atoms with Crippen molar-refractivity contribution in [2.75, 3.05) is 0 Å². The smallest absolute Gasteiger partial charge is 0.0712 e. The maximum Gasteiger partial charge on any atom is 0.0712 e. The summed E-state index contributed by atoms with van der Waals surface area (Å²) in [7, 11) is 2.07. The van der Waals surface area contributed by atoms with Gasteiger partial charge in [0.05, 0.1) is 5.69 Å². The molecule has 1 aromatic heterocycles. The first kappa shape index (κ1) is 12.3. The fraction of sp³-hybridized carbons (Fsp3) is 0.769. The Kier molecular flexibility index (Phi) is 3.58. The molecule has 86 valence electrons. The zero-order valence-corrected chi connectivity index (χ0v) is 11.0. The molecule has 0 aromatic carbocycles. The number of aromatic nitrogens is 2. The van der Waals surface area contributed by atoms with Gasteiger partial charge in [0.1, 0.15) is 0 Å². The van der Waals surface area contributed by atoms with Crippen LogP contribution in [0.2, 0.25) is 0 Å². The van der Waals surface area contributed by atoms with E-state index in [1.165, 1.54) is 36.2 Å². The van der Waals surface area contributed by atoms with Gasteiger partial charge < -0.3 is 0 Å². The molecule has 0 atom stereocenters. The highest BCUT2D eigenvalue weighted by atomic mass is 15.3. The lowest BCUT2D eigenvalue weighted by Crippen LogP contribution is -2.14. The molecule has 0 saturated carbocycles. The largest absolute Gasteiger partial charge is 0.272 e. The Balaban J connectivity index is 0.000000531. The van der Waals surface area contributed by atoms with Gasteiger partial charge in [-0.05, 0) is 24.8 Å². The first-order valence-electron chi connectivity index (χ1n) is 6.05. The molecule has 0 fully saturated rings. The summed E-state index contributed by atoms with van der Waals surface area (Å²) in [5, 5.41) is 4.62. The Morgan fingerprint density at radius 3 is 2.27 bits per heavy atom. The van der Waals surface area contributed by atoms with Crippen LogP contribution in [-0.4, -0.2) is 9.78 Å². The van der Waals surface area contributed by atoms with Crippen molar-refractivity contribution in [1.82, 2.24) is 9.78 Å². The second kappa shape index (κ2) is 4.38. The standard InChI is InChI=1S/C11H18N2.C2H6/c1-11(2,3)10-8-6-5-7-9(8)13(4)12-10;1-2/h5-7H2,1-4H3;1-2H3. The summed E-state index contributed by atoms with van der Waals surface area (Å²) in [5.41, 5.74) is 4.50. The molecule has 1 aromatic rings. The fourth-order valence-electron chi connectivity index (χ4n) is 2.21. The lowest BCUT2D eigenvalue weighted by molar-refractivity contribution is 0.543. The average Bonchev–Trinajstić information content (AvgIpc) is 2.72. The van der Waals surface area contributed by atoms with Gasteiger partial charge in [-0.15, -0.1) is 0 Å². The normalized spacial score (nSPS) is 14.5. The van der Waals surface area contributed by atoms with Crippen molar-refractivity contribution in [2.45, 2.75) is 59.3 Å². The third-order valence-electron chi connectivity index (χ3n) is 2.83. The van der Waals surface area contributed by atoms with Crippen LogP contribution in [0.5, 0.6) is 0 Å². The third kappa shape index (κ3) is 2.24. The van der Waals surface area contributed by atoms with Gasteiger partial charge in [-0.1, -0.05) is 34.6 Å². The molecule has 0 unspecified atom stereocenters. The minimum Gasteiger partial charge on any atom is -0.272 e. The zero-order chi connectivity index (χ0) is 11.6. The van der Waals surface area contributed by atoms with Crippen LogP contribution < -0.4 is 0 Å². The molecule has 0 aliphatic heterocycles. The van der Waals surface area contributed by atoms with E-state index >= 15 is 0 Å². The number of fused-ring (bicyclic) bond motifs is 1. The molecule has 2 nitrogen and oxygen atoms in total. The molecule has 0 amide bonds.